The quantitative estimate of drug-likeness (QED) is 0.248. The highest BCUT2D eigenvalue weighted by Crippen LogP contribution is 2.08. The van der Waals surface area contributed by atoms with Crippen molar-refractivity contribution in [1.82, 2.24) is 0 Å². The van der Waals surface area contributed by atoms with E-state index < -0.39 is 11.9 Å². The first kappa shape index (κ1) is 18.7. The third-order valence-corrected chi connectivity index (χ3v) is 2.83. The second-order valence-corrected chi connectivity index (χ2v) is 4.83. The van der Waals surface area contributed by atoms with Gasteiger partial charge in [0.25, 0.3) is 0 Å². The zero-order valence-corrected chi connectivity index (χ0v) is 13.1. The number of hydrogen-bond acceptors (Lipinski definition) is 4. The smallest absolute Gasteiger partial charge is 0.374 e. The van der Waals surface area contributed by atoms with Crippen molar-refractivity contribution in [3.8, 4) is 0 Å². The van der Waals surface area contributed by atoms with E-state index in [0.29, 0.717) is 13.0 Å². The number of hydrogen-bond donors (Lipinski definition) is 0. The van der Waals surface area contributed by atoms with Gasteiger partial charge in [0.15, 0.2) is 0 Å². The molecule has 4 nitrogen and oxygen atoms in total. The van der Waals surface area contributed by atoms with Gasteiger partial charge in [0.05, 0.1) is 6.61 Å². The lowest BCUT2D eigenvalue weighted by atomic mass is 10.1. The highest BCUT2D eigenvalue weighted by molar-refractivity contribution is 5.89. The topological polar surface area (TPSA) is 52.6 Å². The lowest BCUT2D eigenvalue weighted by Crippen LogP contribution is -2.13. The molecule has 0 heterocycles. The molecular weight excluding hydrogens is 256 g/mol. The van der Waals surface area contributed by atoms with Crippen LogP contribution in [-0.2, 0) is 19.1 Å². The van der Waals surface area contributed by atoms with Crippen LogP contribution in [0.3, 0.4) is 0 Å². The fourth-order valence-corrected chi connectivity index (χ4v) is 1.80. The van der Waals surface area contributed by atoms with E-state index in [1.165, 1.54) is 39.0 Å². The van der Waals surface area contributed by atoms with Gasteiger partial charge in [0.2, 0.25) is 5.76 Å². The van der Waals surface area contributed by atoms with Gasteiger partial charge in [-0.1, -0.05) is 52.4 Å². The maximum atomic E-state index is 11.7. The predicted molar refractivity (Wildman–Crippen MR) is 79.1 cm³/mol. The number of ether oxygens (including phenoxy) is 2. The van der Waals surface area contributed by atoms with Crippen LogP contribution in [0.1, 0.15) is 72.1 Å². The second kappa shape index (κ2) is 12.7. The van der Waals surface area contributed by atoms with Crippen LogP contribution < -0.4 is 0 Å². The molecule has 0 saturated heterocycles. The summed E-state index contributed by atoms with van der Waals surface area (Å²) in [5.74, 6) is -1.05. The molecular formula is C16H28O4. The van der Waals surface area contributed by atoms with Gasteiger partial charge >= 0.3 is 11.9 Å². The first-order chi connectivity index (χ1) is 9.61. The molecule has 0 unspecified atom stereocenters. The van der Waals surface area contributed by atoms with Crippen molar-refractivity contribution in [2.24, 2.45) is 0 Å². The molecule has 0 spiro atoms. The van der Waals surface area contributed by atoms with Crippen LogP contribution in [0.4, 0.5) is 0 Å². The average molecular weight is 284 g/mol. The van der Waals surface area contributed by atoms with Crippen molar-refractivity contribution in [2.75, 3.05) is 6.61 Å². The molecule has 0 aliphatic rings. The van der Waals surface area contributed by atoms with Gasteiger partial charge in [-0.05, 0) is 18.9 Å². The molecule has 0 radical (unpaired) electrons. The van der Waals surface area contributed by atoms with Crippen LogP contribution >= 0.6 is 0 Å². The minimum absolute atomic E-state index is 0.00273. The van der Waals surface area contributed by atoms with Crippen molar-refractivity contribution in [1.29, 1.82) is 0 Å². The highest BCUT2D eigenvalue weighted by Gasteiger charge is 2.14. The predicted octanol–water partition coefficient (Wildman–Crippen LogP) is 4.14. The Morgan fingerprint density at radius 2 is 1.55 bits per heavy atom. The highest BCUT2D eigenvalue weighted by atomic mass is 16.6. The Hall–Kier alpha value is -1.32. The Morgan fingerprint density at radius 1 is 0.950 bits per heavy atom. The molecule has 0 saturated carbocycles. The van der Waals surface area contributed by atoms with Crippen molar-refractivity contribution in [3.05, 3.63) is 11.8 Å². The van der Waals surface area contributed by atoms with Crippen LogP contribution in [0.15, 0.2) is 11.8 Å². The molecule has 0 aliphatic carbocycles. The van der Waals surface area contributed by atoms with E-state index in [1.807, 2.05) is 6.92 Å². The van der Waals surface area contributed by atoms with Gasteiger partial charge in [-0.3, -0.25) is 4.79 Å². The molecule has 0 bridgehead atoms. The Morgan fingerprint density at radius 3 is 2.10 bits per heavy atom. The molecule has 20 heavy (non-hydrogen) atoms. The van der Waals surface area contributed by atoms with Crippen molar-refractivity contribution < 1.29 is 19.1 Å². The minimum Gasteiger partial charge on any atom is -0.460 e. The summed E-state index contributed by atoms with van der Waals surface area (Å²) in [5.41, 5.74) is 0. The zero-order valence-electron chi connectivity index (χ0n) is 13.1. The normalized spacial score (nSPS) is 11.2. The first-order valence-electron chi connectivity index (χ1n) is 7.67. The molecule has 0 aromatic heterocycles. The fraction of sp³-hybridized carbons (Fsp3) is 0.750. The molecule has 0 fully saturated rings. The number of unbranched alkanes of at least 4 members (excludes halogenated alkanes) is 6. The lowest BCUT2D eigenvalue weighted by molar-refractivity contribution is -0.150. The molecule has 116 valence electrons. The summed E-state index contributed by atoms with van der Waals surface area (Å²) in [6.45, 7) is 5.72. The van der Waals surface area contributed by atoms with Crippen LogP contribution in [0.2, 0.25) is 0 Å². The van der Waals surface area contributed by atoms with Gasteiger partial charge in [-0.2, -0.15) is 0 Å². The van der Waals surface area contributed by atoms with Gasteiger partial charge in [-0.25, -0.2) is 4.79 Å². The molecule has 0 atom stereocenters. The van der Waals surface area contributed by atoms with E-state index in [-0.39, 0.29) is 5.76 Å². The molecule has 0 N–H and O–H groups in total. The van der Waals surface area contributed by atoms with Crippen LogP contribution in [0.25, 0.3) is 0 Å². The molecule has 4 heteroatoms. The van der Waals surface area contributed by atoms with E-state index in [9.17, 15) is 9.59 Å². The van der Waals surface area contributed by atoms with Gasteiger partial charge < -0.3 is 9.47 Å². The largest absolute Gasteiger partial charge is 0.460 e. The fourth-order valence-electron chi connectivity index (χ4n) is 1.80. The summed E-state index contributed by atoms with van der Waals surface area (Å²) in [5, 5.41) is 0. The number of carbonyl (C=O) groups is 2. The summed E-state index contributed by atoms with van der Waals surface area (Å²) in [7, 11) is 0. The van der Waals surface area contributed by atoms with E-state index in [1.54, 1.807) is 6.08 Å². The standard InChI is InChI=1S/C16H28O4/c1-4-6-7-8-9-10-11-13-19-16(18)15(12-5-2)20-14(3)17/h12H,4-11,13H2,1-3H3. The third-order valence-electron chi connectivity index (χ3n) is 2.83. The van der Waals surface area contributed by atoms with Crippen LogP contribution in [0, 0.1) is 0 Å². The van der Waals surface area contributed by atoms with Gasteiger partial charge in [-0.15, -0.1) is 0 Å². The van der Waals surface area contributed by atoms with Crippen molar-refractivity contribution >= 4 is 11.9 Å². The second-order valence-electron chi connectivity index (χ2n) is 4.83. The van der Waals surface area contributed by atoms with Crippen molar-refractivity contribution in [2.45, 2.75) is 72.1 Å². The number of esters is 2. The Balaban J connectivity index is 3.74. The number of carbonyl (C=O) groups excluding carboxylic acids is 2. The van der Waals surface area contributed by atoms with Crippen LogP contribution in [-0.4, -0.2) is 18.5 Å². The maximum absolute atomic E-state index is 11.7. The molecule has 0 aromatic carbocycles. The summed E-state index contributed by atoms with van der Waals surface area (Å²) >= 11 is 0. The number of allylic oxidation sites excluding steroid dienone is 1. The van der Waals surface area contributed by atoms with Crippen LogP contribution in [0.5, 0.6) is 0 Å². The average Bonchev–Trinajstić information content (AvgIpc) is 2.40. The van der Waals surface area contributed by atoms with Crippen molar-refractivity contribution in [3.63, 3.8) is 0 Å². The number of rotatable bonds is 11. The SMILES string of the molecule is CCC=C(OC(C)=O)C(=O)OCCCCCCCCC. The van der Waals surface area contributed by atoms with E-state index in [4.69, 9.17) is 9.47 Å². The summed E-state index contributed by atoms with van der Waals surface area (Å²) in [4.78, 5) is 22.5. The Labute approximate surface area is 122 Å². The minimum atomic E-state index is -0.548. The molecule has 0 amide bonds. The van der Waals surface area contributed by atoms with Gasteiger partial charge in [0.1, 0.15) is 0 Å². The lowest BCUT2D eigenvalue weighted by Gasteiger charge is -2.07. The zero-order chi connectivity index (χ0) is 15.2. The first-order valence-corrected chi connectivity index (χ1v) is 7.67. The Bertz CT molecular complexity index is 308. The Kier molecular flexibility index (Phi) is 11.9. The maximum Gasteiger partial charge on any atom is 0.374 e. The van der Waals surface area contributed by atoms with E-state index in [0.717, 1.165) is 12.8 Å². The molecule has 0 aromatic rings. The summed E-state index contributed by atoms with van der Waals surface area (Å²) in [6, 6.07) is 0. The molecule has 0 aliphatic heterocycles. The monoisotopic (exact) mass is 284 g/mol. The van der Waals surface area contributed by atoms with E-state index in [2.05, 4.69) is 6.92 Å². The molecule has 0 rings (SSSR count). The van der Waals surface area contributed by atoms with Gasteiger partial charge in [0, 0.05) is 6.92 Å². The summed E-state index contributed by atoms with van der Waals surface area (Å²) in [6.07, 6.45) is 10.4. The third kappa shape index (κ3) is 10.6. The summed E-state index contributed by atoms with van der Waals surface area (Å²) < 4.78 is 9.92. The van der Waals surface area contributed by atoms with E-state index >= 15 is 0 Å².